The molecule has 10 heteroatoms. The number of aliphatic hydroxyl groups is 5. The van der Waals surface area contributed by atoms with Crippen LogP contribution in [0, 0.1) is 0 Å². The lowest BCUT2D eigenvalue weighted by Gasteiger charge is -2.49. The molecule has 0 aromatic heterocycles. The summed E-state index contributed by atoms with van der Waals surface area (Å²) >= 11 is 0. The third-order valence-corrected chi connectivity index (χ3v) is 5.80. The second-order valence-electron chi connectivity index (χ2n) is 7.83. The third kappa shape index (κ3) is 4.13. The van der Waals surface area contributed by atoms with Gasteiger partial charge in [0.2, 0.25) is 0 Å². The highest BCUT2D eigenvalue weighted by Gasteiger charge is 2.53. The Labute approximate surface area is 173 Å². The van der Waals surface area contributed by atoms with Crippen LogP contribution < -0.4 is 0 Å². The Morgan fingerprint density at radius 1 is 0.933 bits per heavy atom. The first-order chi connectivity index (χ1) is 14.4. The predicted octanol–water partition coefficient (Wildman–Crippen LogP) is -1.57. The molecule has 0 radical (unpaired) electrons. The number of hydrogen-bond donors (Lipinski definition) is 5. The van der Waals surface area contributed by atoms with Crippen LogP contribution in [0.1, 0.15) is 18.6 Å². The van der Waals surface area contributed by atoms with Crippen molar-refractivity contribution in [1.29, 1.82) is 0 Å². The van der Waals surface area contributed by atoms with Crippen LogP contribution in [0.15, 0.2) is 30.3 Å². The van der Waals surface area contributed by atoms with Crippen molar-refractivity contribution < 1.29 is 49.2 Å². The molecular weight excluding hydrogens is 400 g/mol. The van der Waals surface area contributed by atoms with Gasteiger partial charge in [-0.05, 0) is 12.5 Å². The van der Waals surface area contributed by atoms with Crippen LogP contribution in [-0.2, 0) is 23.7 Å². The van der Waals surface area contributed by atoms with Crippen molar-refractivity contribution in [2.45, 2.75) is 74.4 Å². The normalized spacial score (nSPS) is 46.9. The Balaban J connectivity index is 1.55. The predicted molar refractivity (Wildman–Crippen MR) is 99.0 cm³/mol. The molecule has 4 rings (SSSR count). The minimum absolute atomic E-state index is 0.205. The second-order valence-corrected chi connectivity index (χ2v) is 7.83. The molecule has 0 spiro atoms. The first-order valence-corrected chi connectivity index (χ1v) is 10.0. The van der Waals surface area contributed by atoms with Gasteiger partial charge in [0.1, 0.15) is 48.8 Å². The summed E-state index contributed by atoms with van der Waals surface area (Å²) in [5.41, 5.74) is 0.870. The molecule has 3 heterocycles. The molecule has 0 unspecified atom stereocenters. The number of ether oxygens (including phenoxy) is 5. The van der Waals surface area contributed by atoms with Crippen LogP contribution in [0.2, 0.25) is 0 Å². The Morgan fingerprint density at radius 3 is 2.37 bits per heavy atom. The molecular formula is C20H28O10. The zero-order valence-electron chi connectivity index (χ0n) is 16.4. The molecule has 11 atom stereocenters. The summed E-state index contributed by atoms with van der Waals surface area (Å²) in [6.07, 6.45) is -12.1. The van der Waals surface area contributed by atoms with Gasteiger partial charge in [-0.15, -0.1) is 0 Å². The Morgan fingerprint density at radius 2 is 1.67 bits per heavy atom. The van der Waals surface area contributed by atoms with Crippen molar-refractivity contribution in [3.8, 4) is 0 Å². The van der Waals surface area contributed by atoms with Gasteiger partial charge in [-0.2, -0.15) is 0 Å². The highest BCUT2D eigenvalue weighted by Crippen LogP contribution is 2.36. The maximum Gasteiger partial charge on any atom is 0.187 e. The molecule has 30 heavy (non-hydrogen) atoms. The topological polar surface area (TPSA) is 147 Å². The fourth-order valence-electron chi connectivity index (χ4n) is 4.01. The number of rotatable bonds is 4. The summed E-state index contributed by atoms with van der Waals surface area (Å²) in [6.45, 7) is 1.25. The van der Waals surface area contributed by atoms with Crippen LogP contribution in [-0.4, -0.2) is 100 Å². The molecule has 0 aliphatic carbocycles. The van der Waals surface area contributed by atoms with Gasteiger partial charge in [-0.25, -0.2) is 0 Å². The molecule has 1 aromatic rings. The maximum atomic E-state index is 10.7. The van der Waals surface area contributed by atoms with E-state index in [9.17, 15) is 25.5 Å². The summed E-state index contributed by atoms with van der Waals surface area (Å²) < 4.78 is 28.9. The van der Waals surface area contributed by atoms with Crippen molar-refractivity contribution in [2.24, 2.45) is 0 Å². The molecule has 5 N–H and O–H groups in total. The van der Waals surface area contributed by atoms with Gasteiger partial charge in [0.25, 0.3) is 0 Å². The molecule has 168 valence electrons. The van der Waals surface area contributed by atoms with E-state index in [1.165, 1.54) is 6.92 Å². The van der Waals surface area contributed by atoms with Gasteiger partial charge in [0.05, 0.1) is 19.3 Å². The van der Waals surface area contributed by atoms with Crippen molar-refractivity contribution in [3.63, 3.8) is 0 Å². The monoisotopic (exact) mass is 428 g/mol. The van der Waals surface area contributed by atoms with Gasteiger partial charge in [-0.3, -0.25) is 0 Å². The van der Waals surface area contributed by atoms with E-state index < -0.39 is 74.1 Å². The summed E-state index contributed by atoms with van der Waals surface area (Å²) in [5.74, 6) is 0. The van der Waals surface area contributed by atoms with Crippen LogP contribution in [0.4, 0.5) is 0 Å². The quantitative estimate of drug-likeness (QED) is 0.381. The summed E-state index contributed by atoms with van der Waals surface area (Å²) in [4.78, 5) is 0. The van der Waals surface area contributed by atoms with E-state index in [0.29, 0.717) is 0 Å². The lowest BCUT2D eigenvalue weighted by Crippen LogP contribution is -2.65. The zero-order chi connectivity index (χ0) is 21.4. The molecule has 3 fully saturated rings. The first kappa shape index (κ1) is 22.0. The van der Waals surface area contributed by atoms with E-state index in [1.807, 2.05) is 30.3 Å². The van der Waals surface area contributed by atoms with Crippen molar-refractivity contribution in [2.75, 3.05) is 13.2 Å². The number of fused-ring (bicyclic) bond motifs is 1. The van der Waals surface area contributed by atoms with Crippen molar-refractivity contribution in [3.05, 3.63) is 35.9 Å². The van der Waals surface area contributed by atoms with Crippen molar-refractivity contribution in [1.82, 2.24) is 0 Å². The molecule has 3 aliphatic rings. The minimum Gasteiger partial charge on any atom is -0.394 e. The summed E-state index contributed by atoms with van der Waals surface area (Å²) in [5, 5.41) is 50.6. The molecule has 0 saturated carbocycles. The van der Waals surface area contributed by atoms with Gasteiger partial charge in [0, 0.05) is 0 Å². The van der Waals surface area contributed by atoms with Crippen molar-refractivity contribution >= 4 is 0 Å². The smallest absolute Gasteiger partial charge is 0.187 e. The maximum absolute atomic E-state index is 10.7. The summed E-state index contributed by atoms with van der Waals surface area (Å²) in [6, 6.07) is 9.38. The number of benzene rings is 1. The standard InChI is InChI=1S/C20H28O10/c1-9-13(22)15(24)16(25)19(27-9)30-17-14(23)11(7-21)29-20-18(17)28-12(8-26-20)10-5-3-2-4-6-10/h2-6,9,11-25H,7-8H2,1H3/t9-,11+,12-,13-,14+,15+,16+,17-,18+,19-,20+/m0/s1. The fraction of sp³-hybridized carbons (Fsp3) is 0.700. The SMILES string of the molecule is C[C@@H]1O[C@@H](O[C@H]2[C@H](O)[C@@H](CO)O[C@H]3OC[C@@H](c4ccccc4)O[C@@H]32)[C@H](O)[C@H](O)[C@H]1O. The second kappa shape index (κ2) is 9.13. The first-order valence-electron chi connectivity index (χ1n) is 10.0. The Hall–Kier alpha value is -1.18. The minimum atomic E-state index is -1.55. The van der Waals surface area contributed by atoms with E-state index in [-0.39, 0.29) is 6.61 Å². The van der Waals surface area contributed by atoms with E-state index >= 15 is 0 Å². The average Bonchev–Trinajstić information content (AvgIpc) is 2.77. The van der Waals surface area contributed by atoms with Crippen LogP contribution in [0.3, 0.4) is 0 Å². The van der Waals surface area contributed by atoms with E-state index in [0.717, 1.165) is 5.56 Å². The zero-order valence-corrected chi connectivity index (χ0v) is 16.4. The highest BCUT2D eigenvalue weighted by molar-refractivity contribution is 5.18. The van der Waals surface area contributed by atoms with E-state index in [1.54, 1.807) is 0 Å². The Kier molecular flexibility index (Phi) is 6.70. The fourth-order valence-corrected chi connectivity index (χ4v) is 4.01. The molecule has 0 amide bonds. The third-order valence-electron chi connectivity index (χ3n) is 5.80. The van der Waals surface area contributed by atoms with Crippen LogP contribution in [0.5, 0.6) is 0 Å². The van der Waals surface area contributed by atoms with Gasteiger partial charge < -0.3 is 49.2 Å². The molecule has 0 bridgehead atoms. The van der Waals surface area contributed by atoms with Crippen LogP contribution in [0.25, 0.3) is 0 Å². The summed E-state index contributed by atoms with van der Waals surface area (Å²) in [7, 11) is 0. The Bertz CT molecular complexity index is 689. The largest absolute Gasteiger partial charge is 0.394 e. The average molecular weight is 428 g/mol. The molecule has 10 nitrogen and oxygen atoms in total. The lowest BCUT2D eigenvalue weighted by atomic mass is 9.96. The number of aliphatic hydroxyl groups excluding tert-OH is 5. The number of hydrogen-bond acceptors (Lipinski definition) is 10. The van der Waals surface area contributed by atoms with E-state index in [4.69, 9.17) is 23.7 Å². The van der Waals surface area contributed by atoms with E-state index in [2.05, 4.69) is 0 Å². The van der Waals surface area contributed by atoms with Crippen LogP contribution >= 0.6 is 0 Å². The molecule has 1 aromatic carbocycles. The highest BCUT2D eigenvalue weighted by atomic mass is 16.8. The van der Waals surface area contributed by atoms with Gasteiger partial charge in [0.15, 0.2) is 12.6 Å². The molecule has 3 aliphatic heterocycles. The lowest BCUT2D eigenvalue weighted by molar-refractivity contribution is -0.384. The van der Waals surface area contributed by atoms with Gasteiger partial charge in [-0.1, -0.05) is 30.3 Å². The van der Waals surface area contributed by atoms with Gasteiger partial charge >= 0.3 is 0 Å². The molecule has 3 saturated heterocycles.